The van der Waals surface area contributed by atoms with Gasteiger partial charge in [-0.2, -0.15) is 0 Å². The number of carbonyl (C=O) groups is 1. The number of nitrogens with one attached hydrogen (secondary N) is 2. The molecule has 1 aromatic carbocycles. The zero-order valence-corrected chi connectivity index (χ0v) is 15.4. The Morgan fingerprint density at radius 1 is 1.28 bits per heavy atom. The molecule has 25 heavy (non-hydrogen) atoms. The van der Waals surface area contributed by atoms with E-state index in [0.717, 1.165) is 49.2 Å². The summed E-state index contributed by atoms with van der Waals surface area (Å²) in [5.74, 6) is 0.361. The quantitative estimate of drug-likeness (QED) is 0.711. The van der Waals surface area contributed by atoms with Crippen molar-refractivity contribution in [3.8, 4) is 0 Å². The lowest BCUT2D eigenvalue weighted by molar-refractivity contribution is -0.118. The molecule has 1 atom stereocenters. The maximum atomic E-state index is 12.7. The van der Waals surface area contributed by atoms with E-state index in [1.54, 1.807) is 0 Å². The van der Waals surface area contributed by atoms with Crippen molar-refractivity contribution in [2.45, 2.75) is 39.7 Å². The van der Waals surface area contributed by atoms with E-state index in [4.69, 9.17) is 9.47 Å². The van der Waals surface area contributed by atoms with Gasteiger partial charge in [0, 0.05) is 18.2 Å². The van der Waals surface area contributed by atoms with Crippen LogP contribution in [0.2, 0.25) is 0 Å². The van der Waals surface area contributed by atoms with Gasteiger partial charge in [0.05, 0.1) is 19.8 Å². The molecule has 5 nitrogen and oxygen atoms in total. The number of benzene rings is 1. The molecular weight excluding hydrogens is 316 g/mol. The number of hydrogen-bond donors (Lipinski definition) is 2. The molecule has 1 aliphatic carbocycles. The molecule has 0 radical (unpaired) electrons. The number of amides is 1. The Morgan fingerprint density at radius 2 is 2.04 bits per heavy atom. The normalized spacial score (nSPS) is 21.3. The smallest absolute Gasteiger partial charge is 0.228 e. The van der Waals surface area contributed by atoms with Crippen molar-refractivity contribution in [1.29, 1.82) is 0 Å². The van der Waals surface area contributed by atoms with Gasteiger partial charge in [0.1, 0.15) is 0 Å². The molecule has 0 bridgehead atoms. The van der Waals surface area contributed by atoms with Gasteiger partial charge < -0.3 is 20.1 Å². The maximum Gasteiger partial charge on any atom is 0.228 e. The molecular formula is C20H30N2O3. The minimum Gasteiger partial charge on any atom is -0.379 e. The fourth-order valence-electron chi connectivity index (χ4n) is 3.84. The van der Waals surface area contributed by atoms with E-state index in [2.05, 4.69) is 16.7 Å². The SMILES string of the molecule is CCOCCOCc1cccc(NC(=O)C2CC23CCNCC3)c1C. The zero-order valence-electron chi connectivity index (χ0n) is 15.4. The van der Waals surface area contributed by atoms with Crippen molar-refractivity contribution < 1.29 is 14.3 Å². The van der Waals surface area contributed by atoms with Gasteiger partial charge in [-0.3, -0.25) is 4.79 Å². The van der Waals surface area contributed by atoms with Crippen LogP contribution in [0, 0.1) is 18.3 Å². The molecule has 1 heterocycles. The Kier molecular flexibility index (Phi) is 6.10. The van der Waals surface area contributed by atoms with Gasteiger partial charge in [-0.15, -0.1) is 0 Å². The molecule has 2 aliphatic rings. The third-order valence-corrected chi connectivity index (χ3v) is 5.64. The second-order valence-electron chi connectivity index (χ2n) is 7.20. The third-order valence-electron chi connectivity index (χ3n) is 5.64. The van der Waals surface area contributed by atoms with Crippen molar-refractivity contribution in [1.82, 2.24) is 5.32 Å². The lowest BCUT2D eigenvalue weighted by Gasteiger charge is -2.23. The molecule has 1 saturated heterocycles. The predicted molar refractivity (Wildman–Crippen MR) is 98.6 cm³/mol. The maximum absolute atomic E-state index is 12.7. The second-order valence-corrected chi connectivity index (χ2v) is 7.20. The van der Waals surface area contributed by atoms with Gasteiger partial charge >= 0.3 is 0 Å². The van der Waals surface area contributed by atoms with Crippen LogP contribution in [0.5, 0.6) is 0 Å². The van der Waals surface area contributed by atoms with Gasteiger partial charge in [0.15, 0.2) is 0 Å². The van der Waals surface area contributed by atoms with Gasteiger partial charge in [0.25, 0.3) is 0 Å². The number of carbonyl (C=O) groups excluding carboxylic acids is 1. The summed E-state index contributed by atoms with van der Waals surface area (Å²) in [6, 6.07) is 6.02. The molecule has 5 heteroatoms. The highest BCUT2D eigenvalue weighted by Crippen LogP contribution is 2.58. The minimum atomic E-state index is 0.180. The van der Waals surface area contributed by atoms with Gasteiger partial charge in [0.2, 0.25) is 5.91 Å². The Labute approximate surface area is 150 Å². The monoisotopic (exact) mass is 346 g/mol. The van der Waals surface area contributed by atoms with E-state index in [-0.39, 0.29) is 17.2 Å². The van der Waals surface area contributed by atoms with Gasteiger partial charge in [-0.25, -0.2) is 0 Å². The molecule has 138 valence electrons. The summed E-state index contributed by atoms with van der Waals surface area (Å²) < 4.78 is 10.9. The van der Waals surface area contributed by atoms with E-state index >= 15 is 0 Å². The summed E-state index contributed by atoms with van der Waals surface area (Å²) in [5, 5.41) is 6.54. The van der Waals surface area contributed by atoms with Crippen LogP contribution >= 0.6 is 0 Å². The highest BCUT2D eigenvalue weighted by molar-refractivity contribution is 5.95. The fourth-order valence-corrected chi connectivity index (χ4v) is 3.84. The van der Waals surface area contributed by atoms with Crippen molar-refractivity contribution >= 4 is 11.6 Å². The summed E-state index contributed by atoms with van der Waals surface area (Å²) in [7, 11) is 0. The first-order valence-electron chi connectivity index (χ1n) is 9.42. The zero-order chi connectivity index (χ0) is 17.7. The lowest BCUT2D eigenvalue weighted by atomic mass is 9.91. The van der Waals surface area contributed by atoms with Gasteiger partial charge in [-0.1, -0.05) is 12.1 Å². The van der Waals surface area contributed by atoms with Gasteiger partial charge in [-0.05, 0) is 68.8 Å². The number of hydrogen-bond acceptors (Lipinski definition) is 4. The largest absolute Gasteiger partial charge is 0.379 e. The Balaban J connectivity index is 1.54. The molecule has 1 aromatic rings. The summed E-state index contributed by atoms with van der Waals surface area (Å²) in [6.45, 7) is 8.56. The summed E-state index contributed by atoms with van der Waals surface area (Å²) in [4.78, 5) is 12.7. The van der Waals surface area contributed by atoms with Crippen molar-refractivity contribution in [2.75, 3.05) is 38.2 Å². The van der Waals surface area contributed by atoms with E-state index in [9.17, 15) is 4.79 Å². The topological polar surface area (TPSA) is 59.6 Å². The van der Waals surface area contributed by atoms with Crippen molar-refractivity contribution in [3.63, 3.8) is 0 Å². The Hall–Kier alpha value is -1.43. The Morgan fingerprint density at radius 3 is 2.80 bits per heavy atom. The van der Waals surface area contributed by atoms with E-state index < -0.39 is 0 Å². The van der Waals surface area contributed by atoms with Crippen LogP contribution in [0.4, 0.5) is 5.69 Å². The molecule has 1 amide bonds. The molecule has 2 fully saturated rings. The molecule has 1 saturated carbocycles. The third kappa shape index (κ3) is 4.40. The Bertz CT molecular complexity index is 597. The fraction of sp³-hybridized carbons (Fsp3) is 0.650. The highest BCUT2D eigenvalue weighted by Gasteiger charge is 2.57. The average Bonchev–Trinajstić information content (AvgIpc) is 3.31. The molecule has 0 aromatic heterocycles. The number of piperidine rings is 1. The van der Waals surface area contributed by atoms with Crippen LogP contribution in [-0.2, 0) is 20.9 Å². The average molecular weight is 346 g/mol. The van der Waals surface area contributed by atoms with E-state index in [1.165, 1.54) is 0 Å². The van der Waals surface area contributed by atoms with E-state index in [0.29, 0.717) is 26.4 Å². The molecule has 1 spiro atoms. The lowest BCUT2D eigenvalue weighted by Crippen LogP contribution is -2.31. The first-order chi connectivity index (χ1) is 12.2. The molecule has 1 unspecified atom stereocenters. The summed E-state index contributed by atoms with van der Waals surface area (Å²) in [5.41, 5.74) is 3.38. The van der Waals surface area contributed by atoms with Crippen LogP contribution in [0.15, 0.2) is 18.2 Å². The van der Waals surface area contributed by atoms with Crippen LogP contribution in [0.1, 0.15) is 37.3 Å². The standard InChI is InChI=1S/C20H30N2O3/c1-3-24-11-12-25-14-16-5-4-6-18(15(16)2)22-19(23)17-13-20(17)7-9-21-10-8-20/h4-6,17,21H,3,7-14H2,1-2H3,(H,22,23). The van der Waals surface area contributed by atoms with Crippen LogP contribution in [0.3, 0.4) is 0 Å². The molecule has 3 rings (SSSR count). The number of ether oxygens (including phenoxy) is 2. The van der Waals surface area contributed by atoms with Crippen molar-refractivity contribution in [3.05, 3.63) is 29.3 Å². The van der Waals surface area contributed by atoms with Crippen LogP contribution in [0.25, 0.3) is 0 Å². The summed E-state index contributed by atoms with van der Waals surface area (Å²) in [6.07, 6.45) is 3.29. The first-order valence-corrected chi connectivity index (χ1v) is 9.42. The number of rotatable bonds is 8. The second kappa shape index (κ2) is 8.30. The minimum absolute atomic E-state index is 0.180. The number of anilines is 1. The van der Waals surface area contributed by atoms with Crippen LogP contribution in [-0.4, -0.2) is 38.8 Å². The summed E-state index contributed by atoms with van der Waals surface area (Å²) >= 11 is 0. The first kappa shape index (κ1) is 18.4. The molecule has 2 N–H and O–H groups in total. The highest BCUT2D eigenvalue weighted by atomic mass is 16.5. The molecule has 1 aliphatic heterocycles. The van der Waals surface area contributed by atoms with Crippen LogP contribution < -0.4 is 10.6 Å². The van der Waals surface area contributed by atoms with E-state index in [1.807, 2.05) is 26.0 Å². The van der Waals surface area contributed by atoms with Crippen molar-refractivity contribution in [2.24, 2.45) is 11.3 Å². The predicted octanol–water partition coefficient (Wildman–Crippen LogP) is 2.88.